The molecule has 0 saturated carbocycles. The molecule has 6 nitrogen and oxygen atoms in total. The number of likely N-dealkylation sites (tertiary alicyclic amines) is 1. The Morgan fingerprint density at radius 3 is 2.79 bits per heavy atom. The van der Waals surface area contributed by atoms with Crippen LogP contribution in [0.3, 0.4) is 0 Å². The van der Waals surface area contributed by atoms with E-state index < -0.39 is 12.0 Å². The van der Waals surface area contributed by atoms with Gasteiger partial charge in [0, 0.05) is 13.1 Å². The predicted molar refractivity (Wildman–Crippen MR) is 69.8 cm³/mol. The summed E-state index contributed by atoms with van der Waals surface area (Å²) in [7, 11) is 0. The minimum atomic E-state index is -1.12. The number of hydrogen-bond donors (Lipinski definition) is 2. The van der Waals surface area contributed by atoms with Crippen molar-refractivity contribution < 1.29 is 19.5 Å². The summed E-state index contributed by atoms with van der Waals surface area (Å²) in [4.78, 5) is 35.5. The Balaban J connectivity index is 1.87. The molecule has 0 radical (unpaired) electrons. The maximum absolute atomic E-state index is 11.7. The summed E-state index contributed by atoms with van der Waals surface area (Å²) < 4.78 is 0.513. The van der Waals surface area contributed by atoms with Gasteiger partial charge in [0.2, 0.25) is 0 Å². The van der Waals surface area contributed by atoms with Crippen LogP contribution in [0, 0.1) is 5.92 Å². The molecule has 1 atom stereocenters. The summed E-state index contributed by atoms with van der Waals surface area (Å²) in [5.74, 6) is -0.958. The van der Waals surface area contributed by atoms with E-state index in [0.717, 1.165) is 16.2 Å². The summed E-state index contributed by atoms with van der Waals surface area (Å²) in [5, 5.41) is 11.4. The number of carbonyl (C=O) groups excluding carboxylic acids is 2. The van der Waals surface area contributed by atoms with Gasteiger partial charge in [-0.15, -0.1) is 11.3 Å². The van der Waals surface area contributed by atoms with Gasteiger partial charge in [0.25, 0.3) is 5.91 Å². The Morgan fingerprint density at radius 2 is 2.26 bits per heavy atom. The summed E-state index contributed by atoms with van der Waals surface area (Å²) in [6, 6.07) is 3.22. The highest BCUT2D eigenvalue weighted by molar-refractivity contribution is 7.17. The van der Waals surface area contributed by atoms with Crippen LogP contribution >= 0.6 is 22.9 Å². The van der Waals surface area contributed by atoms with Gasteiger partial charge in [-0.3, -0.25) is 9.59 Å². The summed E-state index contributed by atoms with van der Waals surface area (Å²) in [6.45, 7) is 0.150. The molecule has 1 aliphatic heterocycles. The lowest BCUT2D eigenvalue weighted by Gasteiger charge is -2.11. The van der Waals surface area contributed by atoms with E-state index in [1.54, 1.807) is 12.1 Å². The first kappa shape index (κ1) is 13.8. The molecule has 2 N–H and O–H groups in total. The van der Waals surface area contributed by atoms with E-state index >= 15 is 0 Å². The Hall–Kier alpha value is -1.60. The van der Waals surface area contributed by atoms with Crippen LogP contribution in [0.4, 0.5) is 4.79 Å². The molecule has 1 saturated heterocycles. The van der Waals surface area contributed by atoms with Crippen molar-refractivity contribution in [1.82, 2.24) is 10.2 Å². The molecule has 1 aromatic heterocycles. The standard InChI is InChI=1S/C11H11ClN2O4S/c12-9-2-1-8(19-9)10(16)13-3-6-4-14(11(17)18)5-7(6)15/h1-2,6H,3-5H2,(H,13,16)(H,17,18). The number of nitrogens with zero attached hydrogens (tertiary/aromatic N) is 1. The van der Waals surface area contributed by atoms with Crippen LogP contribution in [0.25, 0.3) is 0 Å². The minimum absolute atomic E-state index is 0.110. The zero-order valence-electron chi connectivity index (χ0n) is 9.76. The largest absolute Gasteiger partial charge is 0.465 e. The van der Waals surface area contributed by atoms with Crippen molar-refractivity contribution in [2.75, 3.05) is 19.6 Å². The minimum Gasteiger partial charge on any atom is -0.465 e. The van der Waals surface area contributed by atoms with E-state index in [2.05, 4.69) is 5.32 Å². The molecule has 2 rings (SSSR count). The van der Waals surface area contributed by atoms with E-state index in [9.17, 15) is 14.4 Å². The Kier molecular flexibility index (Phi) is 4.06. The summed E-state index contributed by atoms with van der Waals surface area (Å²) >= 11 is 6.87. The van der Waals surface area contributed by atoms with Gasteiger partial charge in [-0.25, -0.2) is 4.79 Å². The molecular formula is C11H11ClN2O4S. The zero-order valence-corrected chi connectivity index (χ0v) is 11.3. The fourth-order valence-electron chi connectivity index (χ4n) is 1.81. The molecule has 1 unspecified atom stereocenters. The van der Waals surface area contributed by atoms with Crippen molar-refractivity contribution >= 4 is 40.7 Å². The van der Waals surface area contributed by atoms with Crippen LogP contribution in [0.1, 0.15) is 9.67 Å². The molecule has 0 aromatic carbocycles. The molecule has 1 aliphatic rings. The number of carbonyl (C=O) groups is 3. The first-order chi connectivity index (χ1) is 8.97. The van der Waals surface area contributed by atoms with Crippen molar-refractivity contribution in [3.8, 4) is 0 Å². The van der Waals surface area contributed by atoms with Crippen molar-refractivity contribution in [3.05, 3.63) is 21.3 Å². The molecule has 19 heavy (non-hydrogen) atoms. The molecule has 0 bridgehead atoms. The number of Topliss-reactive ketones (excluding diaryl/α,β-unsaturated/α-hetero) is 1. The zero-order chi connectivity index (χ0) is 14.0. The summed E-state index contributed by atoms with van der Waals surface area (Å²) in [6.07, 6.45) is -1.12. The van der Waals surface area contributed by atoms with Gasteiger partial charge >= 0.3 is 6.09 Å². The van der Waals surface area contributed by atoms with Gasteiger partial charge in [0.15, 0.2) is 5.78 Å². The third-order valence-electron chi connectivity index (χ3n) is 2.82. The first-order valence-electron chi connectivity index (χ1n) is 5.51. The smallest absolute Gasteiger partial charge is 0.407 e. The second-order valence-electron chi connectivity index (χ2n) is 4.14. The van der Waals surface area contributed by atoms with Crippen LogP contribution in [0.2, 0.25) is 4.34 Å². The number of rotatable bonds is 3. The maximum atomic E-state index is 11.7. The third kappa shape index (κ3) is 3.24. The predicted octanol–water partition coefficient (Wildman–Crippen LogP) is 1.31. The molecule has 8 heteroatoms. The second kappa shape index (κ2) is 5.58. The van der Waals surface area contributed by atoms with E-state index in [-0.39, 0.29) is 31.3 Å². The van der Waals surface area contributed by atoms with E-state index in [4.69, 9.17) is 16.7 Å². The highest BCUT2D eigenvalue weighted by atomic mass is 35.5. The van der Waals surface area contributed by atoms with Crippen LogP contribution in [-0.4, -0.2) is 47.4 Å². The molecule has 1 fully saturated rings. The average molecular weight is 303 g/mol. The normalized spacial score (nSPS) is 18.7. The molecule has 0 aliphatic carbocycles. The Labute approximate surface area is 118 Å². The molecule has 2 amide bonds. The topological polar surface area (TPSA) is 86.7 Å². The van der Waals surface area contributed by atoms with E-state index in [0.29, 0.717) is 9.21 Å². The average Bonchev–Trinajstić information content (AvgIpc) is 2.93. The lowest BCUT2D eigenvalue weighted by atomic mass is 10.1. The van der Waals surface area contributed by atoms with Crippen molar-refractivity contribution in [3.63, 3.8) is 0 Å². The van der Waals surface area contributed by atoms with Gasteiger partial charge in [-0.05, 0) is 12.1 Å². The highest BCUT2D eigenvalue weighted by Gasteiger charge is 2.33. The molecule has 1 aromatic rings. The first-order valence-corrected chi connectivity index (χ1v) is 6.71. The van der Waals surface area contributed by atoms with Crippen molar-refractivity contribution in [2.45, 2.75) is 0 Å². The lowest BCUT2D eigenvalue weighted by molar-refractivity contribution is -0.119. The Morgan fingerprint density at radius 1 is 1.53 bits per heavy atom. The van der Waals surface area contributed by atoms with E-state index in [1.807, 2.05) is 0 Å². The number of nitrogens with one attached hydrogen (secondary N) is 1. The van der Waals surface area contributed by atoms with Gasteiger partial charge < -0.3 is 15.3 Å². The van der Waals surface area contributed by atoms with Gasteiger partial charge in [-0.1, -0.05) is 11.6 Å². The number of carboxylic acid groups (broad SMARTS) is 1. The number of ketones is 1. The number of thiophene rings is 1. The number of amides is 2. The van der Waals surface area contributed by atoms with E-state index in [1.165, 1.54) is 0 Å². The Bertz CT molecular complexity index is 531. The van der Waals surface area contributed by atoms with Crippen LogP contribution in [0.15, 0.2) is 12.1 Å². The van der Waals surface area contributed by atoms with Crippen molar-refractivity contribution in [1.29, 1.82) is 0 Å². The lowest BCUT2D eigenvalue weighted by Crippen LogP contribution is -2.33. The summed E-state index contributed by atoms with van der Waals surface area (Å²) in [5.41, 5.74) is 0. The van der Waals surface area contributed by atoms with Crippen LogP contribution in [0.5, 0.6) is 0 Å². The molecule has 2 heterocycles. The van der Waals surface area contributed by atoms with Crippen molar-refractivity contribution in [2.24, 2.45) is 5.92 Å². The molecule has 102 valence electrons. The fourth-order valence-corrected chi connectivity index (χ4v) is 2.77. The van der Waals surface area contributed by atoms with Crippen LogP contribution < -0.4 is 5.32 Å². The molecule has 0 spiro atoms. The fraction of sp³-hybridized carbons (Fsp3) is 0.364. The van der Waals surface area contributed by atoms with Gasteiger partial charge in [0.1, 0.15) is 0 Å². The number of halogens is 1. The SMILES string of the molecule is O=C(NCC1CN(C(=O)O)CC1=O)c1ccc(Cl)s1. The van der Waals surface area contributed by atoms with Gasteiger partial charge in [0.05, 0.1) is 21.7 Å². The quantitative estimate of drug-likeness (QED) is 0.881. The monoisotopic (exact) mass is 302 g/mol. The van der Waals surface area contributed by atoms with Crippen LogP contribution in [-0.2, 0) is 4.79 Å². The molecular weight excluding hydrogens is 292 g/mol. The maximum Gasteiger partial charge on any atom is 0.407 e. The number of hydrogen-bond acceptors (Lipinski definition) is 4. The van der Waals surface area contributed by atoms with Gasteiger partial charge in [-0.2, -0.15) is 0 Å². The highest BCUT2D eigenvalue weighted by Crippen LogP contribution is 2.21. The third-order valence-corrected chi connectivity index (χ3v) is 4.05. The second-order valence-corrected chi connectivity index (χ2v) is 5.86.